The molecule has 0 aliphatic heterocycles. The molecule has 0 saturated heterocycles. The standard InChI is InChI=1S/C25H29.3ClH.Ti/c1-3-5-19-25(22-13-8-6-9-14-22,23-15-10-7-11-16-23)24-18-17-21(20-24)12-4-2;;;;/h6-11,13-18,20H,3-5,12,19H2,1-2H3;3*1H;/q-1;;;;+4/p-3. The summed E-state index contributed by atoms with van der Waals surface area (Å²) >= 11 is 0. The molecule has 0 heterocycles. The van der Waals surface area contributed by atoms with Gasteiger partial charge in [-0.15, -0.1) is 5.56 Å². The van der Waals surface area contributed by atoms with Gasteiger partial charge < -0.3 is 37.2 Å². The van der Waals surface area contributed by atoms with Crippen molar-refractivity contribution in [3.8, 4) is 0 Å². The van der Waals surface area contributed by atoms with E-state index in [-0.39, 0.29) is 64.4 Å². The number of halogens is 3. The molecule has 0 aliphatic rings. The predicted octanol–water partition coefficient (Wildman–Crippen LogP) is -2.11. The first-order valence-corrected chi connectivity index (χ1v) is 9.68. The third kappa shape index (κ3) is 6.95. The zero-order chi connectivity index (χ0) is 17.5. The Bertz CT molecular complexity index is 730. The van der Waals surface area contributed by atoms with Gasteiger partial charge in [-0.3, -0.25) is 0 Å². The van der Waals surface area contributed by atoms with Crippen LogP contribution in [0, 0.1) is 0 Å². The summed E-state index contributed by atoms with van der Waals surface area (Å²) in [5, 5.41) is 0. The van der Waals surface area contributed by atoms with E-state index in [9.17, 15) is 0 Å². The zero-order valence-corrected chi connectivity index (χ0v) is 21.0. The maximum absolute atomic E-state index is 2.44. The molecule has 3 aromatic carbocycles. The maximum atomic E-state index is 2.44. The fourth-order valence-electron chi connectivity index (χ4n) is 4.02. The van der Waals surface area contributed by atoms with Gasteiger partial charge in [-0.2, -0.15) is 17.7 Å². The zero-order valence-electron chi connectivity index (χ0n) is 17.2. The number of unbranched alkanes of at least 4 members (excludes halogenated alkanes) is 1. The maximum Gasteiger partial charge on any atom is 4.00 e. The fourth-order valence-corrected chi connectivity index (χ4v) is 4.02. The van der Waals surface area contributed by atoms with E-state index >= 15 is 0 Å². The molecule has 0 N–H and O–H groups in total. The van der Waals surface area contributed by atoms with Gasteiger partial charge in [0.15, 0.2) is 0 Å². The van der Waals surface area contributed by atoms with Crippen molar-refractivity contribution in [2.24, 2.45) is 0 Å². The minimum Gasteiger partial charge on any atom is -1.00 e. The average molecular weight is 484 g/mol. The van der Waals surface area contributed by atoms with Crippen molar-refractivity contribution in [1.82, 2.24) is 0 Å². The Morgan fingerprint density at radius 1 is 0.724 bits per heavy atom. The second-order valence-electron chi connectivity index (χ2n) is 7.00. The minimum absolute atomic E-state index is 0. The summed E-state index contributed by atoms with van der Waals surface area (Å²) in [5.74, 6) is 0. The molecule has 0 unspecified atom stereocenters. The van der Waals surface area contributed by atoms with Crippen LogP contribution in [0.15, 0.2) is 78.9 Å². The monoisotopic (exact) mass is 482 g/mol. The first-order chi connectivity index (χ1) is 12.3. The molecule has 3 aromatic rings. The normalized spacial score (nSPS) is 10.0. The summed E-state index contributed by atoms with van der Waals surface area (Å²) in [6.45, 7) is 4.54. The van der Waals surface area contributed by atoms with Gasteiger partial charge in [0.2, 0.25) is 0 Å². The second kappa shape index (κ2) is 15.2. The third-order valence-electron chi connectivity index (χ3n) is 5.29. The van der Waals surface area contributed by atoms with E-state index in [2.05, 4.69) is 92.7 Å². The van der Waals surface area contributed by atoms with Crippen LogP contribution in [-0.4, -0.2) is 0 Å². The Balaban J connectivity index is 0. The van der Waals surface area contributed by atoms with Crippen molar-refractivity contribution in [3.63, 3.8) is 0 Å². The Labute approximate surface area is 210 Å². The van der Waals surface area contributed by atoms with Gasteiger partial charge in [0.25, 0.3) is 0 Å². The van der Waals surface area contributed by atoms with Gasteiger partial charge in [0, 0.05) is 5.41 Å². The van der Waals surface area contributed by atoms with Crippen molar-refractivity contribution in [2.45, 2.75) is 51.4 Å². The van der Waals surface area contributed by atoms with Gasteiger partial charge in [-0.1, -0.05) is 100 Å². The number of aryl methyl sites for hydroxylation is 1. The summed E-state index contributed by atoms with van der Waals surface area (Å²) in [5.41, 5.74) is 5.67. The molecule has 0 nitrogen and oxygen atoms in total. The molecule has 0 radical (unpaired) electrons. The van der Waals surface area contributed by atoms with Crippen molar-refractivity contribution in [3.05, 3.63) is 101 Å². The molecule has 0 atom stereocenters. The molecule has 3 rings (SSSR count). The molecule has 0 aromatic heterocycles. The van der Waals surface area contributed by atoms with Crippen LogP contribution in [0.25, 0.3) is 0 Å². The average Bonchev–Trinajstić information content (AvgIpc) is 3.13. The van der Waals surface area contributed by atoms with Crippen LogP contribution in [-0.2, 0) is 33.6 Å². The Hall–Kier alpha value is -0.626. The fraction of sp³-hybridized carbons (Fsp3) is 0.320. The van der Waals surface area contributed by atoms with E-state index < -0.39 is 0 Å². The van der Waals surface area contributed by atoms with Gasteiger partial charge in [-0.25, -0.2) is 6.07 Å². The van der Waals surface area contributed by atoms with Crippen molar-refractivity contribution in [2.75, 3.05) is 0 Å². The second-order valence-corrected chi connectivity index (χ2v) is 7.00. The molecule has 0 fully saturated rings. The molecule has 0 saturated carbocycles. The van der Waals surface area contributed by atoms with E-state index in [4.69, 9.17) is 0 Å². The Morgan fingerprint density at radius 3 is 1.69 bits per heavy atom. The van der Waals surface area contributed by atoms with Crippen molar-refractivity contribution < 1.29 is 58.9 Å². The quantitative estimate of drug-likeness (QED) is 0.254. The predicted molar refractivity (Wildman–Crippen MR) is 108 cm³/mol. The summed E-state index contributed by atoms with van der Waals surface area (Å²) in [6.07, 6.45) is 5.94. The molecule has 154 valence electrons. The van der Waals surface area contributed by atoms with Crippen LogP contribution in [0.3, 0.4) is 0 Å². The SMILES string of the molecule is CCCCC(c1ccccc1)(c1ccccc1)[c-]1ccc(CCC)c1.[Cl-].[Cl-].[Cl-].[Ti+4]. The van der Waals surface area contributed by atoms with Crippen LogP contribution < -0.4 is 37.2 Å². The third-order valence-corrected chi connectivity index (χ3v) is 5.29. The van der Waals surface area contributed by atoms with Crippen molar-refractivity contribution in [1.29, 1.82) is 0 Å². The van der Waals surface area contributed by atoms with Crippen LogP contribution in [0.1, 0.15) is 61.8 Å². The van der Waals surface area contributed by atoms with E-state index in [1.807, 2.05) is 0 Å². The summed E-state index contributed by atoms with van der Waals surface area (Å²) in [7, 11) is 0. The van der Waals surface area contributed by atoms with Crippen molar-refractivity contribution >= 4 is 0 Å². The Kier molecular flexibility index (Phi) is 16.0. The van der Waals surface area contributed by atoms with E-state index in [1.54, 1.807) is 0 Å². The number of hydrogen-bond acceptors (Lipinski definition) is 0. The number of hydrogen-bond donors (Lipinski definition) is 0. The molecule has 0 bridgehead atoms. The largest absolute Gasteiger partial charge is 4.00 e. The van der Waals surface area contributed by atoms with Crippen LogP contribution in [0.4, 0.5) is 0 Å². The van der Waals surface area contributed by atoms with Crippen LogP contribution in [0.2, 0.25) is 0 Å². The summed E-state index contributed by atoms with van der Waals surface area (Å²) in [6, 6.07) is 29.3. The molecule has 29 heavy (non-hydrogen) atoms. The van der Waals surface area contributed by atoms with Crippen LogP contribution >= 0.6 is 0 Å². The number of benzene rings is 2. The molecular formula is C25H29Cl3Ti. The van der Waals surface area contributed by atoms with E-state index in [0.717, 1.165) is 12.8 Å². The minimum atomic E-state index is -0.0511. The Morgan fingerprint density at radius 2 is 1.24 bits per heavy atom. The first kappa shape index (κ1) is 30.6. The summed E-state index contributed by atoms with van der Waals surface area (Å²) in [4.78, 5) is 0. The molecule has 0 amide bonds. The summed E-state index contributed by atoms with van der Waals surface area (Å²) < 4.78 is 0. The van der Waals surface area contributed by atoms with Gasteiger partial charge in [-0.05, 0) is 17.5 Å². The molecule has 0 spiro atoms. The van der Waals surface area contributed by atoms with E-state index in [0.29, 0.717) is 0 Å². The molecular weight excluding hydrogens is 455 g/mol. The number of rotatable bonds is 8. The van der Waals surface area contributed by atoms with E-state index in [1.165, 1.54) is 41.5 Å². The van der Waals surface area contributed by atoms with Crippen LogP contribution in [0.5, 0.6) is 0 Å². The topological polar surface area (TPSA) is 0 Å². The van der Waals surface area contributed by atoms with Gasteiger partial charge in [0.05, 0.1) is 0 Å². The molecule has 4 heteroatoms. The first-order valence-electron chi connectivity index (χ1n) is 9.68. The van der Waals surface area contributed by atoms with Gasteiger partial charge >= 0.3 is 21.7 Å². The van der Waals surface area contributed by atoms with Gasteiger partial charge in [0.1, 0.15) is 0 Å². The molecule has 0 aliphatic carbocycles. The smallest absolute Gasteiger partial charge is 1.00 e.